The maximum absolute atomic E-state index is 13.9. The van der Waals surface area contributed by atoms with E-state index in [4.69, 9.17) is 9.97 Å². The molecule has 1 amide bonds. The highest BCUT2D eigenvalue weighted by Gasteiger charge is 2.34. The van der Waals surface area contributed by atoms with Crippen LogP contribution in [0.5, 0.6) is 0 Å². The van der Waals surface area contributed by atoms with Crippen molar-refractivity contribution in [2.24, 2.45) is 7.05 Å². The first-order valence-corrected chi connectivity index (χ1v) is 19.5. The monoisotopic (exact) mass is 749 g/mol. The minimum atomic E-state index is -0.128. The molecule has 0 bridgehead atoms. The van der Waals surface area contributed by atoms with Gasteiger partial charge in [0.2, 0.25) is 0 Å². The lowest BCUT2D eigenvalue weighted by Crippen LogP contribution is -2.50. The maximum atomic E-state index is 13.9. The van der Waals surface area contributed by atoms with Gasteiger partial charge in [0.1, 0.15) is 30.0 Å². The zero-order valence-corrected chi connectivity index (χ0v) is 32.1. The molecular weight excluding hydrogens is 705 g/mol. The number of amides is 1. The number of piperidine rings is 2. The van der Waals surface area contributed by atoms with Gasteiger partial charge in [0.15, 0.2) is 11.7 Å². The molecule has 2 fully saturated rings. The zero-order chi connectivity index (χ0) is 38.2. The number of aryl methyl sites for hydroxylation is 3. The van der Waals surface area contributed by atoms with Gasteiger partial charge in [-0.2, -0.15) is 9.50 Å². The van der Waals surface area contributed by atoms with E-state index in [0.29, 0.717) is 29.7 Å². The molecule has 0 spiro atoms. The van der Waals surface area contributed by atoms with Crippen LogP contribution in [-0.4, -0.2) is 89.0 Å². The first-order valence-electron chi connectivity index (χ1n) is 19.5. The Bertz CT molecular complexity index is 2760. The van der Waals surface area contributed by atoms with Crippen LogP contribution in [0.3, 0.4) is 0 Å². The lowest BCUT2D eigenvalue weighted by atomic mass is 9.99. The van der Waals surface area contributed by atoms with E-state index in [1.807, 2.05) is 59.5 Å². The van der Waals surface area contributed by atoms with Gasteiger partial charge < -0.3 is 15.1 Å². The van der Waals surface area contributed by atoms with E-state index in [9.17, 15) is 9.59 Å². The van der Waals surface area contributed by atoms with Gasteiger partial charge in [-0.05, 0) is 87.8 Å². The van der Waals surface area contributed by atoms with Gasteiger partial charge >= 0.3 is 5.65 Å². The van der Waals surface area contributed by atoms with Crippen molar-refractivity contribution in [2.75, 3.05) is 38.7 Å². The van der Waals surface area contributed by atoms with Gasteiger partial charge in [-0.3, -0.25) is 24.2 Å². The predicted molar refractivity (Wildman–Crippen MR) is 214 cm³/mol. The summed E-state index contributed by atoms with van der Waals surface area (Å²) in [5, 5.41) is 12.8. The molecule has 3 aliphatic rings. The van der Waals surface area contributed by atoms with Crippen molar-refractivity contribution in [3.63, 3.8) is 0 Å². The van der Waals surface area contributed by atoms with E-state index in [1.165, 1.54) is 0 Å². The fourth-order valence-corrected chi connectivity index (χ4v) is 9.10. The minimum absolute atomic E-state index is 0.0542. The van der Waals surface area contributed by atoms with Crippen molar-refractivity contribution < 1.29 is 9.20 Å². The van der Waals surface area contributed by atoms with Crippen LogP contribution in [0.15, 0.2) is 78.5 Å². The Labute approximate surface area is 323 Å². The largest absolute Gasteiger partial charge is 0.367 e. The highest BCUT2D eigenvalue weighted by Crippen LogP contribution is 2.33. The number of benzene rings is 2. The quantitative estimate of drug-likeness (QED) is 0.242. The van der Waals surface area contributed by atoms with Crippen LogP contribution in [0.25, 0.3) is 50.0 Å². The number of pyridine rings is 1. The molecule has 7 aromatic rings. The highest BCUT2D eigenvalue weighted by atomic mass is 16.2. The molecule has 284 valence electrons. The zero-order valence-electron chi connectivity index (χ0n) is 32.1. The molecule has 2 aromatic carbocycles. The van der Waals surface area contributed by atoms with Gasteiger partial charge in [-0.1, -0.05) is 6.07 Å². The summed E-state index contributed by atoms with van der Waals surface area (Å²) >= 11 is 0. The number of anilines is 1. The Balaban J connectivity index is 0.887. The Hall–Kier alpha value is -5.99. The topological polar surface area (TPSA) is 135 Å². The van der Waals surface area contributed by atoms with Crippen molar-refractivity contribution in [3.05, 3.63) is 101 Å². The SMILES string of the molecule is Cc1cc(-c2cnc3c(=O)n(C4CCNC(n5c(C)c[n+]6cc(-c7ccc8c(c7)NCN(C7CCN(C)CC7)C8=O)ncc56)C4)cnc3c2)cc2cn(C)nc12. The van der Waals surface area contributed by atoms with E-state index >= 15 is 0 Å². The van der Waals surface area contributed by atoms with Crippen LogP contribution >= 0.6 is 0 Å². The summed E-state index contributed by atoms with van der Waals surface area (Å²) < 4.78 is 7.96. The number of likely N-dealkylation sites (tertiary alicyclic amines) is 1. The number of fused-ring (bicyclic) bond motifs is 4. The van der Waals surface area contributed by atoms with E-state index in [2.05, 4.69) is 73.8 Å². The molecular formula is C42H45N12O2+. The first kappa shape index (κ1) is 34.5. The summed E-state index contributed by atoms with van der Waals surface area (Å²) in [6.07, 6.45) is 15.0. The molecule has 5 aromatic heterocycles. The summed E-state index contributed by atoms with van der Waals surface area (Å²) in [6.45, 7) is 7.44. The number of carbonyl (C=O) groups is 1. The van der Waals surface area contributed by atoms with Crippen molar-refractivity contribution in [3.8, 4) is 22.4 Å². The van der Waals surface area contributed by atoms with Crippen molar-refractivity contribution in [1.82, 2.24) is 49.0 Å². The van der Waals surface area contributed by atoms with Crippen LogP contribution in [0.1, 0.15) is 59.5 Å². The molecule has 14 heteroatoms. The fourth-order valence-electron chi connectivity index (χ4n) is 9.10. The van der Waals surface area contributed by atoms with Crippen LogP contribution in [0.4, 0.5) is 5.69 Å². The molecule has 0 saturated carbocycles. The maximum Gasteiger partial charge on any atom is 0.306 e. The first-order chi connectivity index (χ1) is 27.2. The predicted octanol–water partition coefficient (Wildman–Crippen LogP) is 4.61. The Kier molecular flexibility index (Phi) is 8.22. The lowest BCUT2D eigenvalue weighted by molar-refractivity contribution is -0.511. The van der Waals surface area contributed by atoms with E-state index in [-0.39, 0.29) is 29.7 Å². The van der Waals surface area contributed by atoms with Gasteiger partial charge in [-0.15, -0.1) is 0 Å². The van der Waals surface area contributed by atoms with Gasteiger partial charge in [0.05, 0.1) is 29.6 Å². The second-order valence-electron chi connectivity index (χ2n) is 15.8. The molecule has 14 nitrogen and oxygen atoms in total. The Morgan fingerprint density at radius 1 is 0.857 bits per heavy atom. The second-order valence-corrected chi connectivity index (χ2v) is 15.8. The van der Waals surface area contributed by atoms with E-state index < -0.39 is 0 Å². The summed E-state index contributed by atoms with van der Waals surface area (Å²) in [6, 6.07) is 12.3. The Morgan fingerprint density at radius 2 is 1.71 bits per heavy atom. The summed E-state index contributed by atoms with van der Waals surface area (Å²) in [5.74, 6) is 0.0981. The van der Waals surface area contributed by atoms with E-state index in [1.54, 1.807) is 17.1 Å². The van der Waals surface area contributed by atoms with Crippen LogP contribution < -0.4 is 20.6 Å². The standard InChI is InChI=1S/C42H44N12O2/c1-25-13-28(14-30-21-50(4)48-39(25)30)29-16-35-40(45-18-29)42(56)53(24-47-35)32-7-10-43-37(17-32)54-26(2)20-51-22-36(44-19-38(51)54)27-5-6-33-34(15-27)46-23-52(41(33)55)31-8-11-49(3)12-9-31/h5-6,13-16,18-22,24,31-32,37,43H,7-12,17,23H2,1-4H3/p+1. The number of hydrogen-bond donors (Lipinski definition) is 2. The number of rotatable bonds is 5. The molecule has 56 heavy (non-hydrogen) atoms. The van der Waals surface area contributed by atoms with Crippen LogP contribution in [-0.2, 0) is 7.05 Å². The third-order valence-corrected chi connectivity index (χ3v) is 12.1. The molecule has 2 atom stereocenters. The number of hydrogen-bond acceptors (Lipinski definition) is 9. The van der Waals surface area contributed by atoms with Gasteiger partial charge in [0.25, 0.3) is 11.5 Å². The molecule has 2 N–H and O–H groups in total. The normalized spacial score (nSPS) is 19.6. The average Bonchev–Trinajstić information content (AvgIpc) is 3.76. The van der Waals surface area contributed by atoms with Gasteiger partial charge in [0, 0.05) is 73.6 Å². The lowest BCUT2D eigenvalue weighted by Gasteiger charge is -2.40. The molecule has 8 heterocycles. The van der Waals surface area contributed by atoms with Crippen LogP contribution in [0.2, 0.25) is 0 Å². The number of nitrogens with zero attached hydrogens (tertiary/aromatic N) is 10. The summed E-state index contributed by atoms with van der Waals surface area (Å²) in [7, 11) is 4.06. The smallest absolute Gasteiger partial charge is 0.306 e. The third-order valence-electron chi connectivity index (χ3n) is 12.1. The number of imidazole rings is 1. The number of nitrogens with one attached hydrogen (secondary N) is 2. The summed E-state index contributed by atoms with van der Waals surface area (Å²) in [4.78, 5) is 46.1. The van der Waals surface area contributed by atoms with Gasteiger partial charge in [-0.25, -0.2) is 19.5 Å². The molecule has 0 aliphatic carbocycles. The number of aromatic nitrogens is 8. The fraction of sp³-hybridized carbons (Fsp3) is 0.357. The second kappa shape index (κ2) is 13.3. The van der Waals surface area contributed by atoms with Crippen molar-refractivity contribution in [1.29, 1.82) is 0 Å². The van der Waals surface area contributed by atoms with Crippen LogP contribution in [0, 0.1) is 13.8 Å². The molecule has 10 rings (SSSR count). The molecule has 0 radical (unpaired) electrons. The average molecular weight is 750 g/mol. The molecule has 3 aliphatic heterocycles. The van der Waals surface area contributed by atoms with E-state index in [0.717, 1.165) is 94.8 Å². The molecule has 2 saturated heterocycles. The highest BCUT2D eigenvalue weighted by molar-refractivity contribution is 6.02. The molecule has 2 unspecified atom stereocenters. The van der Waals surface area contributed by atoms with Crippen molar-refractivity contribution in [2.45, 2.75) is 57.8 Å². The summed E-state index contributed by atoms with van der Waals surface area (Å²) in [5.41, 5.74) is 10.2. The number of carbonyl (C=O) groups excluding carboxylic acids is 1. The Morgan fingerprint density at radius 3 is 2.57 bits per heavy atom. The van der Waals surface area contributed by atoms with Crippen molar-refractivity contribution >= 4 is 39.2 Å². The third kappa shape index (κ3) is 5.82. The minimum Gasteiger partial charge on any atom is -0.367 e.